The lowest BCUT2D eigenvalue weighted by Crippen LogP contribution is -2.40. The van der Waals surface area contributed by atoms with E-state index in [1.165, 1.54) is 40.7 Å². The molecule has 0 radical (unpaired) electrons. The molecule has 0 aromatic heterocycles. The number of hydrogen-bond acceptors (Lipinski definition) is 7. The van der Waals surface area contributed by atoms with E-state index >= 15 is 0 Å². The average Bonchev–Trinajstić information content (AvgIpc) is 2.92. The monoisotopic (exact) mass is 542 g/mol. The number of sulfonamides is 1. The Morgan fingerprint density at radius 3 is 2.30 bits per heavy atom. The third-order valence-corrected chi connectivity index (χ3v) is 7.70. The van der Waals surface area contributed by atoms with Crippen LogP contribution in [0.25, 0.3) is 0 Å². The van der Waals surface area contributed by atoms with Gasteiger partial charge >= 0.3 is 5.97 Å². The molecule has 3 aromatic carbocycles. The van der Waals surface area contributed by atoms with Gasteiger partial charge in [-0.3, -0.25) is 9.59 Å². The molecule has 0 atom stereocenters. The van der Waals surface area contributed by atoms with Crippen LogP contribution in [-0.2, 0) is 24.3 Å². The van der Waals surface area contributed by atoms with Gasteiger partial charge in [-0.15, -0.1) is 0 Å². The van der Waals surface area contributed by atoms with Gasteiger partial charge in [0.2, 0.25) is 10.0 Å². The third kappa shape index (κ3) is 6.41. The average molecular weight is 543 g/mol. The summed E-state index contributed by atoms with van der Waals surface area (Å²) in [5.74, 6) is -1.92. The molecule has 1 aliphatic rings. The number of hydrogen-bond donors (Lipinski definition) is 1. The number of ketones is 1. The molecule has 192 valence electrons. The van der Waals surface area contributed by atoms with Gasteiger partial charge in [-0.25, -0.2) is 13.2 Å². The molecule has 0 spiro atoms. The maximum atomic E-state index is 12.9. The fourth-order valence-corrected chi connectivity index (χ4v) is 5.27. The Hall–Kier alpha value is -3.57. The van der Waals surface area contributed by atoms with E-state index < -0.39 is 34.3 Å². The quantitative estimate of drug-likeness (QED) is 0.342. The van der Waals surface area contributed by atoms with Crippen LogP contribution in [0.2, 0.25) is 5.02 Å². The highest BCUT2D eigenvalue weighted by Crippen LogP contribution is 2.21. The first-order valence-electron chi connectivity index (χ1n) is 11.3. The molecule has 0 unspecified atom stereocenters. The number of morpholine rings is 1. The van der Waals surface area contributed by atoms with Gasteiger partial charge in [0, 0.05) is 34.9 Å². The number of carbonyl (C=O) groups is 3. The van der Waals surface area contributed by atoms with Crippen molar-refractivity contribution in [3.63, 3.8) is 0 Å². The SMILES string of the molecule is O=C(COC(=O)c1ccccc1C(=O)c1ccc(Cl)cc1)Nc1cccc(S(=O)(=O)N2CCOCC2)c1. The number of ether oxygens (including phenoxy) is 2. The molecule has 9 nitrogen and oxygen atoms in total. The van der Waals surface area contributed by atoms with Crippen LogP contribution in [0, 0.1) is 0 Å². The number of benzene rings is 3. The lowest BCUT2D eigenvalue weighted by Gasteiger charge is -2.26. The smallest absolute Gasteiger partial charge is 0.339 e. The van der Waals surface area contributed by atoms with Crippen molar-refractivity contribution >= 4 is 45.0 Å². The molecule has 1 fully saturated rings. The van der Waals surface area contributed by atoms with Gasteiger partial charge in [-0.1, -0.05) is 35.9 Å². The third-order valence-electron chi connectivity index (χ3n) is 5.56. The van der Waals surface area contributed by atoms with E-state index in [-0.39, 0.29) is 34.8 Å². The van der Waals surface area contributed by atoms with Crippen molar-refractivity contribution in [3.8, 4) is 0 Å². The molecule has 0 saturated carbocycles. The summed E-state index contributed by atoms with van der Waals surface area (Å²) < 4.78 is 37.4. The molecular formula is C26H23ClN2O7S. The molecule has 4 rings (SSSR count). The highest BCUT2D eigenvalue weighted by molar-refractivity contribution is 7.89. The first-order chi connectivity index (χ1) is 17.8. The van der Waals surface area contributed by atoms with Crippen LogP contribution in [0.1, 0.15) is 26.3 Å². The van der Waals surface area contributed by atoms with Crippen LogP contribution >= 0.6 is 11.6 Å². The van der Waals surface area contributed by atoms with E-state index in [4.69, 9.17) is 21.1 Å². The molecule has 3 aromatic rings. The molecule has 11 heteroatoms. The molecule has 1 amide bonds. The predicted octanol–water partition coefficient (Wildman–Crippen LogP) is 3.39. The summed E-state index contributed by atoms with van der Waals surface area (Å²) in [6, 6.07) is 18.2. The zero-order chi connectivity index (χ0) is 26.4. The minimum atomic E-state index is -3.74. The van der Waals surface area contributed by atoms with E-state index in [0.717, 1.165) is 0 Å². The molecule has 1 aliphatic heterocycles. The van der Waals surface area contributed by atoms with Gasteiger partial charge in [-0.05, 0) is 48.5 Å². The van der Waals surface area contributed by atoms with Gasteiger partial charge in [-0.2, -0.15) is 4.31 Å². The lowest BCUT2D eigenvalue weighted by molar-refractivity contribution is -0.119. The number of esters is 1. The van der Waals surface area contributed by atoms with Crippen LogP contribution in [-0.4, -0.2) is 63.3 Å². The largest absolute Gasteiger partial charge is 0.452 e. The number of carbonyl (C=O) groups excluding carboxylic acids is 3. The Balaban J connectivity index is 1.40. The number of rotatable bonds is 8. The zero-order valence-electron chi connectivity index (χ0n) is 19.6. The fraction of sp³-hybridized carbons (Fsp3) is 0.192. The van der Waals surface area contributed by atoms with Crippen LogP contribution in [0.3, 0.4) is 0 Å². The summed E-state index contributed by atoms with van der Waals surface area (Å²) in [4.78, 5) is 38.1. The first-order valence-corrected chi connectivity index (χ1v) is 13.1. The van der Waals surface area contributed by atoms with Crippen LogP contribution in [0.4, 0.5) is 5.69 Å². The summed E-state index contributed by atoms with van der Waals surface area (Å²) in [5, 5.41) is 3.00. The van der Waals surface area contributed by atoms with Crippen molar-refractivity contribution in [1.82, 2.24) is 4.31 Å². The zero-order valence-corrected chi connectivity index (χ0v) is 21.1. The van der Waals surface area contributed by atoms with Gasteiger partial charge in [0.1, 0.15) is 0 Å². The number of anilines is 1. The van der Waals surface area contributed by atoms with Crippen molar-refractivity contribution in [1.29, 1.82) is 0 Å². The topological polar surface area (TPSA) is 119 Å². The van der Waals surface area contributed by atoms with E-state index in [1.807, 2.05) is 0 Å². The summed E-state index contributed by atoms with van der Waals surface area (Å²) >= 11 is 5.88. The summed E-state index contributed by atoms with van der Waals surface area (Å²) in [6.07, 6.45) is 0. The molecule has 1 heterocycles. The Morgan fingerprint density at radius 2 is 1.59 bits per heavy atom. The minimum absolute atomic E-state index is 0.00820. The Bertz CT molecular complexity index is 1420. The maximum Gasteiger partial charge on any atom is 0.339 e. The van der Waals surface area contributed by atoms with E-state index in [9.17, 15) is 22.8 Å². The Labute approximate surface area is 219 Å². The number of halogens is 1. The number of amides is 1. The Morgan fingerprint density at radius 1 is 0.919 bits per heavy atom. The van der Waals surface area contributed by atoms with Crippen molar-refractivity contribution in [2.24, 2.45) is 0 Å². The second-order valence-electron chi connectivity index (χ2n) is 8.05. The Kier molecular flexibility index (Phi) is 8.34. The first kappa shape index (κ1) is 26.5. The number of nitrogens with zero attached hydrogens (tertiary/aromatic N) is 1. The van der Waals surface area contributed by atoms with Crippen molar-refractivity contribution in [2.75, 3.05) is 38.2 Å². The summed E-state index contributed by atoms with van der Waals surface area (Å²) in [6.45, 7) is 0.487. The molecule has 0 aliphatic carbocycles. The van der Waals surface area contributed by atoms with E-state index in [1.54, 1.807) is 36.4 Å². The highest BCUT2D eigenvalue weighted by atomic mass is 35.5. The molecule has 37 heavy (non-hydrogen) atoms. The van der Waals surface area contributed by atoms with Crippen molar-refractivity contribution < 1.29 is 32.3 Å². The van der Waals surface area contributed by atoms with Crippen LogP contribution in [0.5, 0.6) is 0 Å². The van der Waals surface area contributed by atoms with Gasteiger partial charge in [0.15, 0.2) is 12.4 Å². The predicted molar refractivity (Wildman–Crippen MR) is 136 cm³/mol. The van der Waals surface area contributed by atoms with Crippen molar-refractivity contribution in [2.45, 2.75) is 4.90 Å². The van der Waals surface area contributed by atoms with Crippen LogP contribution in [0.15, 0.2) is 77.7 Å². The standard InChI is InChI=1S/C26H23ClN2O7S/c27-19-10-8-18(9-11-19)25(31)22-6-1-2-7-23(22)26(32)36-17-24(30)28-20-4-3-5-21(16-20)37(33,34)29-12-14-35-15-13-29/h1-11,16H,12-15,17H2,(H,28,30). The van der Waals surface area contributed by atoms with Gasteiger partial charge in [0.05, 0.1) is 23.7 Å². The molecular weight excluding hydrogens is 520 g/mol. The van der Waals surface area contributed by atoms with Crippen LogP contribution < -0.4 is 5.32 Å². The van der Waals surface area contributed by atoms with Gasteiger partial charge in [0.25, 0.3) is 5.91 Å². The van der Waals surface area contributed by atoms with Gasteiger partial charge < -0.3 is 14.8 Å². The maximum absolute atomic E-state index is 12.9. The normalized spacial score (nSPS) is 14.1. The second-order valence-corrected chi connectivity index (χ2v) is 10.4. The summed E-state index contributed by atoms with van der Waals surface area (Å²) in [7, 11) is -3.74. The summed E-state index contributed by atoms with van der Waals surface area (Å²) in [5.41, 5.74) is 0.702. The molecule has 0 bridgehead atoms. The fourth-order valence-electron chi connectivity index (χ4n) is 3.69. The lowest BCUT2D eigenvalue weighted by atomic mass is 9.98. The molecule has 1 N–H and O–H groups in total. The molecule has 1 saturated heterocycles. The number of nitrogens with one attached hydrogen (secondary N) is 1. The second kappa shape index (κ2) is 11.7. The minimum Gasteiger partial charge on any atom is -0.452 e. The highest BCUT2D eigenvalue weighted by Gasteiger charge is 2.26. The van der Waals surface area contributed by atoms with E-state index in [2.05, 4.69) is 5.32 Å². The van der Waals surface area contributed by atoms with E-state index in [0.29, 0.717) is 23.8 Å². The van der Waals surface area contributed by atoms with Crippen molar-refractivity contribution in [3.05, 3.63) is 94.5 Å².